The summed E-state index contributed by atoms with van der Waals surface area (Å²) in [5.41, 5.74) is 0. The molecule has 1 fully saturated rings. The van der Waals surface area contributed by atoms with E-state index in [0.717, 1.165) is 38.6 Å². The van der Waals surface area contributed by atoms with E-state index in [1.807, 2.05) is 0 Å². The van der Waals surface area contributed by atoms with Crippen molar-refractivity contribution in [1.82, 2.24) is 15.5 Å². The predicted molar refractivity (Wildman–Crippen MR) is 110 cm³/mol. The Morgan fingerprint density at radius 3 is 2.38 bits per heavy atom. The average molecular weight is 371 g/mol. The second-order valence-corrected chi connectivity index (χ2v) is 7.37. The van der Waals surface area contributed by atoms with Crippen LogP contribution >= 0.6 is 0 Å². The zero-order valence-electron chi connectivity index (χ0n) is 17.6. The topological polar surface area (TPSA) is 58.1 Å². The molecule has 0 spiro atoms. The molecule has 0 radical (unpaired) electrons. The molecule has 0 bridgehead atoms. The Balaban J connectivity index is 2.42. The highest BCUT2D eigenvalue weighted by molar-refractivity contribution is 5.79. The van der Waals surface area contributed by atoms with Crippen LogP contribution in [-0.4, -0.2) is 76.6 Å². The lowest BCUT2D eigenvalue weighted by molar-refractivity contribution is 0.0698. The van der Waals surface area contributed by atoms with E-state index in [1.54, 1.807) is 7.11 Å². The number of methoxy groups -OCH3 is 1. The zero-order valence-corrected chi connectivity index (χ0v) is 17.6. The van der Waals surface area contributed by atoms with Crippen molar-refractivity contribution in [1.29, 1.82) is 0 Å². The van der Waals surface area contributed by atoms with Crippen LogP contribution in [0.5, 0.6) is 0 Å². The number of hydrogen-bond acceptors (Lipinski definition) is 4. The van der Waals surface area contributed by atoms with E-state index in [9.17, 15) is 0 Å². The molecule has 2 N–H and O–H groups in total. The van der Waals surface area contributed by atoms with Crippen molar-refractivity contribution in [3.63, 3.8) is 0 Å². The summed E-state index contributed by atoms with van der Waals surface area (Å²) in [7, 11) is 1.69. The van der Waals surface area contributed by atoms with Crippen molar-refractivity contribution in [3.05, 3.63) is 0 Å². The number of ether oxygens (including phenoxy) is 2. The van der Waals surface area contributed by atoms with Gasteiger partial charge in [0.05, 0.1) is 19.8 Å². The third-order valence-corrected chi connectivity index (χ3v) is 4.85. The fourth-order valence-electron chi connectivity index (χ4n) is 3.33. The number of rotatable bonds is 12. The van der Waals surface area contributed by atoms with Crippen molar-refractivity contribution in [2.45, 2.75) is 58.9 Å². The lowest BCUT2D eigenvalue weighted by Crippen LogP contribution is -2.44. The first-order chi connectivity index (χ1) is 12.7. The molecule has 1 saturated heterocycles. The lowest BCUT2D eigenvalue weighted by Gasteiger charge is -2.32. The van der Waals surface area contributed by atoms with Gasteiger partial charge >= 0.3 is 0 Å². The monoisotopic (exact) mass is 370 g/mol. The molecule has 0 saturated carbocycles. The molecule has 6 heteroatoms. The summed E-state index contributed by atoms with van der Waals surface area (Å²) < 4.78 is 10.5. The quantitative estimate of drug-likeness (QED) is 0.314. The van der Waals surface area contributed by atoms with Gasteiger partial charge in [0.15, 0.2) is 5.96 Å². The van der Waals surface area contributed by atoms with Crippen molar-refractivity contribution >= 4 is 5.96 Å². The van der Waals surface area contributed by atoms with Gasteiger partial charge in [-0.25, -0.2) is 0 Å². The third-order valence-electron chi connectivity index (χ3n) is 4.85. The van der Waals surface area contributed by atoms with Crippen molar-refractivity contribution in [3.8, 4) is 0 Å². The maximum Gasteiger partial charge on any atom is 0.191 e. The number of aliphatic imine (C=N–C) groups is 1. The summed E-state index contributed by atoms with van der Waals surface area (Å²) in [5, 5.41) is 6.79. The normalized spacial score (nSPS) is 18.0. The van der Waals surface area contributed by atoms with Crippen LogP contribution in [0.3, 0.4) is 0 Å². The maximum absolute atomic E-state index is 5.50. The van der Waals surface area contributed by atoms with E-state index in [1.165, 1.54) is 38.8 Å². The predicted octanol–water partition coefficient (Wildman–Crippen LogP) is 2.50. The summed E-state index contributed by atoms with van der Waals surface area (Å²) in [5.74, 6) is 1.54. The second kappa shape index (κ2) is 15.2. The summed E-state index contributed by atoms with van der Waals surface area (Å²) in [6, 6.07) is 0.529. The molecule has 1 heterocycles. The van der Waals surface area contributed by atoms with Crippen molar-refractivity contribution < 1.29 is 9.47 Å². The van der Waals surface area contributed by atoms with E-state index in [2.05, 4.69) is 36.3 Å². The third kappa shape index (κ3) is 10.3. The molecule has 0 aromatic carbocycles. The fraction of sp³-hybridized carbons (Fsp3) is 0.950. The minimum Gasteiger partial charge on any atom is -0.382 e. The summed E-state index contributed by atoms with van der Waals surface area (Å²) in [6.45, 7) is 13.9. The van der Waals surface area contributed by atoms with Crippen LogP contribution in [0.25, 0.3) is 0 Å². The van der Waals surface area contributed by atoms with E-state index in [0.29, 0.717) is 25.2 Å². The summed E-state index contributed by atoms with van der Waals surface area (Å²) in [6.07, 6.45) is 6.37. The Bertz CT molecular complexity index is 356. The molecular weight excluding hydrogens is 328 g/mol. The Hall–Kier alpha value is -0.850. The van der Waals surface area contributed by atoms with Crippen LogP contribution in [0.4, 0.5) is 0 Å². The number of guanidine groups is 1. The number of likely N-dealkylation sites (tertiary alicyclic amines) is 1. The van der Waals surface area contributed by atoms with Gasteiger partial charge in [-0.2, -0.15) is 0 Å². The molecular formula is C20H42N4O2. The van der Waals surface area contributed by atoms with E-state index in [-0.39, 0.29) is 0 Å². The van der Waals surface area contributed by atoms with Crippen LogP contribution in [-0.2, 0) is 9.47 Å². The summed E-state index contributed by atoms with van der Waals surface area (Å²) in [4.78, 5) is 7.54. The maximum atomic E-state index is 5.50. The molecule has 1 rings (SSSR count). The Morgan fingerprint density at radius 1 is 1.04 bits per heavy atom. The lowest BCUT2D eigenvalue weighted by atomic mass is 10.0. The highest BCUT2D eigenvalue weighted by atomic mass is 16.5. The SMILES string of the molecule is CCNC(=NCC(C(C)C)N1CCCCCC1)NCCCOCCOC. The fourth-order valence-corrected chi connectivity index (χ4v) is 3.33. The second-order valence-electron chi connectivity index (χ2n) is 7.37. The molecule has 1 aliphatic rings. The Kier molecular flexibility index (Phi) is 13.6. The van der Waals surface area contributed by atoms with E-state index < -0.39 is 0 Å². The standard InChI is InChI=1S/C20H42N4O2/c1-5-21-20(22-11-10-14-26-16-15-25-4)23-17-19(18(2)3)24-12-8-6-7-9-13-24/h18-19H,5-17H2,1-4H3,(H2,21,22,23). The van der Waals surface area contributed by atoms with Crippen molar-refractivity contribution in [2.24, 2.45) is 10.9 Å². The summed E-state index contributed by atoms with van der Waals surface area (Å²) >= 11 is 0. The molecule has 0 aliphatic carbocycles. The van der Waals surface area contributed by atoms with Crippen molar-refractivity contribution in [2.75, 3.05) is 59.7 Å². The zero-order chi connectivity index (χ0) is 19.0. The van der Waals surface area contributed by atoms with Gasteiger partial charge in [0.2, 0.25) is 0 Å². The molecule has 154 valence electrons. The molecule has 26 heavy (non-hydrogen) atoms. The molecule has 1 unspecified atom stereocenters. The molecule has 0 aromatic rings. The Labute approximate surface area is 161 Å². The van der Waals surface area contributed by atoms with Crippen LogP contribution in [0, 0.1) is 5.92 Å². The highest BCUT2D eigenvalue weighted by Crippen LogP contribution is 2.17. The number of nitrogens with one attached hydrogen (secondary N) is 2. The van der Waals surface area contributed by atoms with E-state index >= 15 is 0 Å². The average Bonchev–Trinajstić information content (AvgIpc) is 2.90. The van der Waals surface area contributed by atoms with Gasteiger partial charge in [0.25, 0.3) is 0 Å². The number of nitrogens with zero attached hydrogens (tertiary/aromatic N) is 2. The highest BCUT2D eigenvalue weighted by Gasteiger charge is 2.22. The molecule has 1 atom stereocenters. The molecule has 0 aromatic heterocycles. The van der Waals surface area contributed by atoms with Crippen LogP contribution < -0.4 is 10.6 Å². The van der Waals surface area contributed by atoms with Crippen LogP contribution in [0.15, 0.2) is 4.99 Å². The van der Waals surface area contributed by atoms with Crippen LogP contribution in [0.2, 0.25) is 0 Å². The van der Waals surface area contributed by atoms with Gasteiger partial charge in [0.1, 0.15) is 0 Å². The molecule has 6 nitrogen and oxygen atoms in total. The van der Waals surface area contributed by atoms with Crippen LogP contribution in [0.1, 0.15) is 52.9 Å². The minimum absolute atomic E-state index is 0.529. The van der Waals surface area contributed by atoms with Gasteiger partial charge in [-0.3, -0.25) is 9.89 Å². The number of hydrogen-bond donors (Lipinski definition) is 2. The van der Waals surface area contributed by atoms with Gasteiger partial charge in [-0.1, -0.05) is 26.7 Å². The first-order valence-electron chi connectivity index (χ1n) is 10.5. The molecule has 1 aliphatic heterocycles. The van der Waals surface area contributed by atoms with Gasteiger partial charge in [-0.05, 0) is 45.2 Å². The minimum atomic E-state index is 0.529. The van der Waals surface area contributed by atoms with E-state index in [4.69, 9.17) is 14.5 Å². The van der Waals surface area contributed by atoms with Gasteiger partial charge < -0.3 is 20.1 Å². The van der Waals surface area contributed by atoms with Gasteiger partial charge in [0, 0.05) is 32.8 Å². The Morgan fingerprint density at radius 2 is 1.77 bits per heavy atom. The smallest absolute Gasteiger partial charge is 0.191 e. The first kappa shape index (κ1) is 23.2. The first-order valence-corrected chi connectivity index (χ1v) is 10.5. The largest absolute Gasteiger partial charge is 0.382 e. The van der Waals surface area contributed by atoms with Gasteiger partial charge in [-0.15, -0.1) is 0 Å². The molecule has 0 amide bonds.